The van der Waals surface area contributed by atoms with Crippen LogP contribution in [0, 0.1) is 5.92 Å². The fourth-order valence-corrected chi connectivity index (χ4v) is 2.50. The van der Waals surface area contributed by atoms with Gasteiger partial charge in [-0.15, -0.1) is 0 Å². The van der Waals surface area contributed by atoms with Crippen molar-refractivity contribution in [3.05, 3.63) is 0 Å². The van der Waals surface area contributed by atoms with Gasteiger partial charge in [0, 0.05) is 19.2 Å². The van der Waals surface area contributed by atoms with E-state index in [4.69, 9.17) is 4.74 Å². The zero-order valence-electron chi connectivity index (χ0n) is 8.59. The van der Waals surface area contributed by atoms with Gasteiger partial charge in [0.1, 0.15) is 0 Å². The van der Waals surface area contributed by atoms with Crippen molar-refractivity contribution in [1.29, 1.82) is 0 Å². The molecule has 1 saturated heterocycles. The van der Waals surface area contributed by atoms with Gasteiger partial charge in [0.25, 0.3) is 0 Å². The third-order valence-electron chi connectivity index (χ3n) is 3.35. The Hall–Kier alpha value is -0.0800. The summed E-state index contributed by atoms with van der Waals surface area (Å²) in [5, 5.41) is 3.63. The number of rotatable bonds is 3. The lowest BCUT2D eigenvalue weighted by molar-refractivity contribution is 0.107. The lowest BCUT2D eigenvalue weighted by Gasteiger charge is -2.15. The monoisotopic (exact) mass is 183 g/mol. The Morgan fingerprint density at radius 3 is 2.85 bits per heavy atom. The van der Waals surface area contributed by atoms with Crippen LogP contribution in [-0.2, 0) is 4.74 Å². The molecule has 2 aliphatic rings. The molecule has 0 aromatic heterocycles. The summed E-state index contributed by atoms with van der Waals surface area (Å²) in [6.07, 6.45) is 7.17. The molecule has 2 fully saturated rings. The molecule has 0 unspecified atom stereocenters. The van der Waals surface area contributed by atoms with E-state index in [0.29, 0.717) is 6.10 Å². The second-order valence-electron chi connectivity index (χ2n) is 4.66. The van der Waals surface area contributed by atoms with Crippen molar-refractivity contribution in [3.8, 4) is 0 Å². The molecule has 1 aliphatic carbocycles. The van der Waals surface area contributed by atoms with Gasteiger partial charge < -0.3 is 10.1 Å². The van der Waals surface area contributed by atoms with Gasteiger partial charge in [0.2, 0.25) is 0 Å². The third kappa shape index (κ3) is 2.68. The summed E-state index contributed by atoms with van der Waals surface area (Å²) in [6, 6.07) is 0.777. The fraction of sp³-hybridized carbons (Fsp3) is 1.00. The summed E-state index contributed by atoms with van der Waals surface area (Å²) in [5.74, 6) is 0.932. The first kappa shape index (κ1) is 9.47. The molecule has 0 amide bonds. The van der Waals surface area contributed by atoms with Gasteiger partial charge in [-0.2, -0.15) is 0 Å². The highest BCUT2D eigenvalue weighted by Gasteiger charge is 2.22. The van der Waals surface area contributed by atoms with E-state index < -0.39 is 0 Å². The maximum absolute atomic E-state index is 5.58. The molecular formula is C11H21NO. The van der Waals surface area contributed by atoms with Gasteiger partial charge >= 0.3 is 0 Å². The highest BCUT2D eigenvalue weighted by molar-refractivity contribution is 4.80. The average molecular weight is 183 g/mol. The Morgan fingerprint density at radius 2 is 2.23 bits per heavy atom. The van der Waals surface area contributed by atoms with Crippen LogP contribution < -0.4 is 5.32 Å². The van der Waals surface area contributed by atoms with Gasteiger partial charge in [-0.05, 0) is 38.0 Å². The van der Waals surface area contributed by atoms with Crippen molar-refractivity contribution >= 4 is 0 Å². The average Bonchev–Trinajstić information content (AvgIpc) is 2.71. The number of nitrogens with one attached hydrogen (secondary N) is 1. The molecule has 2 nitrogen and oxygen atoms in total. The third-order valence-corrected chi connectivity index (χ3v) is 3.35. The normalized spacial score (nSPS) is 39.9. The Bertz CT molecular complexity index is 154. The molecule has 3 atom stereocenters. The van der Waals surface area contributed by atoms with Gasteiger partial charge in [0.05, 0.1) is 6.10 Å². The minimum absolute atomic E-state index is 0.510. The van der Waals surface area contributed by atoms with Gasteiger partial charge in [-0.3, -0.25) is 0 Å². The largest absolute Gasteiger partial charge is 0.377 e. The van der Waals surface area contributed by atoms with Crippen LogP contribution in [0.2, 0.25) is 0 Å². The van der Waals surface area contributed by atoms with Crippen molar-refractivity contribution in [2.24, 2.45) is 5.92 Å². The number of hydrogen-bond donors (Lipinski definition) is 1. The van der Waals surface area contributed by atoms with Crippen molar-refractivity contribution < 1.29 is 4.74 Å². The van der Waals surface area contributed by atoms with Crippen LogP contribution in [-0.4, -0.2) is 25.3 Å². The van der Waals surface area contributed by atoms with E-state index in [2.05, 4.69) is 12.2 Å². The predicted molar refractivity (Wildman–Crippen MR) is 53.8 cm³/mol. The summed E-state index contributed by atoms with van der Waals surface area (Å²) >= 11 is 0. The zero-order valence-corrected chi connectivity index (χ0v) is 8.59. The van der Waals surface area contributed by atoms with E-state index in [1.54, 1.807) is 0 Å². The van der Waals surface area contributed by atoms with Crippen LogP contribution in [0.1, 0.15) is 39.0 Å². The lowest BCUT2D eigenvalue weighted by Crippen LogP contribution is -2.33. The van der Waals surface area contributed by atoms with E-state index in [1.807, 2.05) is 0 Å². The van der Waals surface area contributed by atoms with Crippen LogP contribution in [0.4, 0.5) is 0 Å². The van der Waals surface area contributed by atoms with Gasteiger partial charge in [0.15, 0.2) is 0 Å². The molecule has 76 valence electrons. The highest BCUT2D eigenvalue weighted by atomic mass is 16.5. The summed E-state index contributed by atoms with van der Waals surface area (Å²) in [4.78, 5) is 0. The molecule has 0 aromatic rings. The Balaban J connectivity index is 1.62. The van der Waals surface area contributed by atoms with Crippen LogP contribution >= 0.6 is 0 Å². The van der Waals surface area contributed by atoms with Crippen molar-refractivity contribution in [2.45, 2.75) is 51.2 Å². The molecule has 0 spiro atoms. The Morgan fingerprint density at radius 1 is 1.31 bits per heavy atom. The van der Waals surface area contributed by atoms with Crippen molar-refractivity contribution in [1.82, 2.24) is 5.32 Å². The zero-order chi connectivity index (χ0) is 9.10. The molecular weight excluding hydrogens is 162 g/mol. The molecule has 1 heterocycles. The SMILES string of the molecule is C[C@@H]1CC[C@H](NC[C@H]2CCCO2)C1. The molecule has 13 heavy (non-hydrogen) atoms. The standard InChI is InChI=1S/C11H21NO/c1-9-4-5-10(7-9)12-8-11-3-2-6-13-11/h9-12H,2-8H2,1H3/t9-,10+,11-/m1/s1. The van der Waals surface area contributed by atoms with Crippen LogP contribution in [0.15, 0.2) is 0 Å². The molecule has 0 radical (unpaired) electrons. The maximum Gasteiger partial charge on any atom is 0.0700 e. The molecule has 0 bridgehead atoms. The number of hydrogen-bond acceptors (Lipinski definition) is 2. The molecule has 1 N–H and O–H groups in total. The topological polar surface area (TPSA) is 21.3 Å². The fourth-order valence-electron chi connectivity index (χ4n) is 2.50. The summed E-state index contributed by atoms with van der Waals surface area (Å²) < 4.78 is 5.58. The predicted octanol–water partition coefficient (Wildman–Crippen LogP) is 1.94. The molecule has 2 heteroatoms. The minimum atomic E-state index is 0.510. The Kier molecular flexibility index (Phi) is 3.23. The quantitative estimate of drug-likeness (QED) is 0.722. The maximum atomic E-state index is 5.58. The second-order valence-corrected chi connectivity index (χ2v) is 4.66. The smallest absolute Gasteiger partial charge is 0.0700 e. The van der Waals surface area contributed by atoms with Gasteiger partial charge in [-0.25, -0.2) is 0 Å². The van der Waals surface area contributed by atoms with Gasteiger partial charge in [-0.1, -0.05) is 6.92 Å². The van der Waals surface area contributed by atoms with E-state index >= 15 is 0 Å². The van der Waals surface area contributed by atoms with E-state index in [0.717, 1.165) is 25.1 Å². The number of ether oxygens (including phenoxy) is 1. The minimum Gasteiger partial charge on any atom is -0.377 e. The first-order valence-electron chi connectivity index (χ1n) is 5.69. The summed E-state index contributed by atoms with van der Waals surface area (Å²) in [6.45, 7) is 4.42. The van der Waals surface area contributed by atoms with E-state index in [9.17, 15) is 0 Å². The highest BCUT2D eigenvalue weighted by Crippen LogP contribution is 2.24. The second kappa shape index (κ2) is 4.43. The first-order chi connectivity index (χ1) is 6.34. The van der Waals surface area contributed by atoms with Crippen LogP contribution in [0.25, 0.3) is 0 Å². The summed E-state index contributed by atoms with van der Waals surface area (Å²) in [7, 11) is 0. The molecule has 1 aliphatic heterocycles. The van der Waals surface area contributed by atoms with E-state index in [-0.39, 0.29) is 0 Å². The lowest BCUT2D eigenvalue weighted by atomic mass is 10.1. The van der Waals surface area contributed by atoms with Crippen LogP contribution in [0.5, 0.6) is 0 Å². The van der Waals surface area contributed by atoms with E-state index in [1.165, 1.54) is 32.1 Å². The van der Waals surface area contributed by atoms with Crippen molar-refractivity contribution in [2.75, 3.05) is 13.2 Å². The molecule has 2 rings (SSSR count). The molecule has 1 saturated carbocycles. The van der Waals surface area contributed by atoms with Crippen LogP contribution in [0.3, 0.4) is 0 Å². The summed E-state index contributed by atoms with van der Waals surface area (Å²) in [5.41, 5.74) is 0. The Labute approximate surface area is 81.0 Å². The molecule has 0 aromatic carbocycles. The van der Waals surface area contributed by atoms with Crippen molar-refractivity contribution in [3.63, 3.8) is 0 Å². The first-order valence-corrected chi connectivity index (χ1v) is 5.69.